The summed E-state index contributed by atoms with van der Waals surface area (Å²) in [5.41, 5.74) is 5.70. The van der Waals surface area contributed by atoms with Crippen LogP contribution >= 0.6 is 0 Å². The second-order valence-electron chi connectivity index (χ2n) is 5.64. The number of benzene rings is 2. The fourth-order valence-corrected chi connectivity index (χ4v) is 6.87. The van der Waals surface area contributed by atoms with Crippen molar-refractivity contribution >= 4 is 11.1 Å². The molecule has 2 aromatic rings. The summed E-state index contributed by atoms with van der Waals surface area (Å²) in [7, 11) is 0. The SMILES string of the molecule is C1=CC(c2ccccc2)=[C]([Os][C]2=C(c3ccccc3)C=CC2)C1. The molecule has 0 saturated heterocycles. The van der Waals surface area contributed by atoms with Gasteiger partial charge in [-0.15, -0.1) is 0 Å². The predicted octanol–water partition coefficient (Wildman–Crippen LogP) is 5.81. The molecular weight excluding hydrogens is 454 g/mol. The van der Waals surface area contributed by atoms with Crippen LogP contribution in [0.25, 0.3) is 11.1 Å². The van der Waals surface area contributed by atoms with E-state index >= 15 is 0 Å². The summed E-state index contributed by atoms with van der Waals surface area (Å²) in [4.78, 5) is 0. The zero-order chi connectivity index (χ0) is 15.5. The van der Waals surface area contributed by atoms with Crippen LogP contribution in [0, 0.1) is 0 Å². The molecule has 0 amide bonds. The molecule has 0 unspecified atom stereocenters. The van der Waals surface area contributed by atoms with E-state index in [-0.39, 0.29) is 17.4 Å². The number of rotatable bonds is 4. The zero-order valence-electron chi connectivity index (χ0n) is 12.9. The first-order valence-electron chi connectivity index (χ1n) is 7.94. The Morgan fingerprint density at radius 3 is 1.43 bits per heavy atom. The van der Waals surface area contributed by atoms with Crippen molar-refractivity contribution in [2.45, 2.75) is 12.8 Å². The molecule has 0 atom stereocenters. The van der Waals surface area contributed by atoms with Crippen molar-refractivity contribution in [1.82, 2.24) is 0 Å². The van der Waals surface area contributed by atoms with Gasteiger partial charge in [0, 0.05) is 0 Å². The Balaban J connectivity index is 1.67. The van der Waals surface area contributed by atoms with E-state index in [1.807, 2.05) is 0 Å². The van der Waals surface area contributed by atoms with Gasteiger partial charge in [0.2, 0.25) is 0 Å². The number of hydrogen-bond donors (Lipinski definition) is 0. The Labute approximate surface area is 145 Å². The first-order valence-corrected chi connectivity index (χ1v) is 10.5. The fourth-order valence-electron chi connectivity index (χ4n) is 2.98. The quantitative estimate of drug-likeness (QED) is 0.527. The fraction of sp³-hybridized carbons (Fsp3) is 0.0909. The monoisotopic (exact) mass is 474 g/mol. The van der Waals surface area contributed by atoms with Crippen molar-refractivity contribution in [3.8, 4) is 0 Å². The second-order valence-corrected chi connectivity index (χ2v) is 9.34. The van der Waals surface area contributed by atoms with Gasteiger partial charge in [0.25, 0.3) is 0 Å². The molecule has 0 N–H and O–H groups in total. The third kappa shape index (κ3) is 3.08. The molecule has 2 aliphatic rings. The minimum absolute atomic E-state index is 0.384. The molecule has 0 saturated carbocycles. The molecule has 4 rings (SSSR count). The van der Waals surface area contributed by atoms with Crippen LogP contribution in [0.5, 0.6) is 0 Å². The van der Waals surface area contributed by atoms with Gasteiger partial charge >= 0.3 is 146 Å². The summed E-state index contributed by atoms with van der Waals surface area (Å²) in [6.07, 6.45) is 11.6. The van der Waals surface area contributed by atoms with E-state index in [1.54, 1.807) is 8.25 Å². The Morgan fingerprint density at radius 1 is 0.565 bits per heavy atom. The normalized spacial score (nSPS) is 16.9. The van der Waals surface area contributed by atoms with Crippen LogP contribution in [-0.4, -0.2) is 0 Å². The summed E-state index contributed by atoms with van der Waals surface area (Å²) in [6, 6.07) is 21.7. The Morgan fingerprint density at radius 2 is 1.00 bits per heavy atom. The molecule has 0 aromatic heterocycles. The molecule has 2 aromatic carbocycles. The summed E-state index contributed by atoms with van der Waals surface area (Å²) < 4.78 is 3.37. The van der Waals surface area contributed by atoms with Gasteiger partial charge in [0.1, 0.15) is 0 Å². The molecule has 0 fully saturated rings. The molecule has 0 nitrogen and oxygen atoms in total. The third-order valence-electron chi connectivity index (χ3n) is 4.11. The van der Waals surface area contributed by atoms with E-state index in [1.165, 1.54) is 22.3 Å². The van der Waals surface area contributed by atoms with Gasteiger partial charge in [-0.05, 0) is 0 Å². The molecule has 0 heterocycles. The van der Waals surface area contributed by atoms with Gasteiger partial charge in [-0.25, -0.2) is 0 Å². The topological polar surface area (TPSA) is 0 Å². The summed E-state index contributed by atoms with van der Waals surface area (Å²) in [5, 5.41) is 0. The van der Waals surface area contributed by atoms with E-state index in [0.717, 1.165) is 12.8 Å². The van der Waals surface area contributed by atoms with Crippen molar-refractivity contribution in [3.63, 3.8) is 0 Å². The first-order chi connectivity index (χ1) is 11.4. The number of allylic oxidation sites excluding steroid dienone is 8. The van der Waals surface area contributed by atoms with Crippen molar-refractivity contribution in [2.75, 3.05) is 0 Å². The molecule has 2 aliphatic carbocycles. The minimum atomic E-state index is -0.384. The van der Waals surface area contributed by atoms with Gasteiger partial charge in [-0.2, -0.15) is 0 Å². The molecule has 0 aliphatic heterocycles. The molecule has 0 radical (unpaired) electrons. The van der Waals surface area contributed by atoms with E-state index in [9.17, 15) is 0 Å². The van der Waals surface area contributed by atoms with Crippen molar-refractivity contribution in [3.05, 3.63) is 104 Å². The van der Waals surface area contributed by atoms with Crippen LogP contribution < -0.4 is 0 Å². The average Bonchev–Trinajstić information content (AvgIpc) is 3.26. The summed E-state index contributed by atoms with van der Waals surface area (Å²) >= 11 is -0.384. The van der Waals surface area contributed by atoms with Gasteiger partial charge < -0.3 is 0 Å². The van der Waals surface area contributed by atoms with Crippen molar-refractivity contribution in [1.29, 1.82) is 0 Å². The van der Waals surface area contributed by atoms with Gasteiger partial charge in [0.05, 0.1) is 0 Å². The Hall–Kier alpha value is -1.96. The third-order valence-corrected chi connectivity index (χ3v) is 8.05. The van der Waals surface area contributed by atoms with Crippen LogP contribution in [0.4, 0.5) is 0 Å². The average molecular weight is 473 g/mol. The molecule has 1 heteroatoms. The van der Waals surface area contributed by atoms with E-state index in [4.69, 9.17) is 0 Å². The van der Waals surface area contributed by atoms with Crippen LogP contribution in [0.3, 0.4) is 0 Å². The van der Waals surface area contributed by atoms with Crippen molar-refractivity contribution < 1.29 is 17.4 Å². The van der Waals surface area contributed by atoms with E-state index in [0.29, 0.717) is 0 Å². The molecule has 114 valence electrons. The van der Waals surface area contributed by atoms with E-state index < -0.39 is 0 Å². The molecule has 0 spiro atoms. The Kier molecular flexibility index (Phi) is 4.23. The number of hydrogen-bond acceptors (Lipinski definition) is 0. The van der Waals surface area contributed by atoms with Gasteiger partial charge in [-0.1, -0.05) is 0 Å². The maximum atomic E-state index is 2.33. The van der Waals surface area contributed by atoms with Crippen LogP contribution in [0.1, 0.15) is 24.0 Å². The summed E-state index contributed by atoms with van der Waals surface area (Å²) in [5.74, 6) is 0. The predicted molar refractivity (Wildman–Crippen MR) is 94.2 cm³/mol. The van der Waals surface area contributed by atoms with Gasteiger partial charge in [-0.3, -0.25) is 0 Å². The van der Waals surface area contributed by atoms with Crippen molar-refractivity contribution in [2.24, 2.45) is 0 Å². The molecular formula is C22H18Os. The van der Waals surface area contributed by atoms with Crippen LogP contribution in [0.2, 0.25) is 0 Å². The maximum absolute atomic E-state index is 2.33. The second kappa shape index (κ2) is 6.65. The van der Waals surface area contributed by atoms with Gasteiger partial charge in [0.15, 0.2) is 0 Å². The molecule has 23 heavy (non-hydrogen) atoms. The van der Waals surface area contributed by atoms with Crippen LogP contribution in [-0.2, 0) is 17.4 Å². The van der Waals surface area contributed by atoms with Crippen LogP contribution in [0.15, 0.2) is 93.2 Å². The van der Waals surface area contributed by atoms with E-state index in [2.05, 4.69) is 85.0 Å². The summed E-state index contributed by atoms with van der Waals surface area (Å²) in [6.45, 7) is 0. The standard InChI is InChI=1S/2C11H9.Os/c2*1-2-6-10(7-3-1)11-8-4-5-9-11;/h2*1-4,6-8H,5H2;. The molecule has 0 bridgehead atoms. The Bertz CT molecular complexity index is 749. The zero-order valence-corrected chi connectivity index (χ0v) is 15.4. The first kappa shape index (κ1) is 14.6.